The molecule has 7 nitrogen and oxygen atoms in total. The van der Waals surface area contributed by atoms with E-state index in [1.807, 2.05) is 0 Å². The molecular weight excluding hydrogens is 224 g/mol. The Bertz CT molecular complexity index is 550. The first-order valence-electron chi connectivity index (χ1n) is 4.65. The zero-order valence-electron chi connectivity index (χ0n) is 8.51. The number of carboxylic acids is 1. The Kier molecular flexibility index (Phi) is 2.82. The van der Waals surface area contributed by atoms with Crippen LogP contribution in [0.4, 0.5) is 5.69 Å². The van der Waals surface area contributed by atoms with Crippen LogP contribution in [0.5, 0.6) is 0 Å². The van der Waals surface area contributed by atoms with Gasteiger partial charge in [0.2, 0.25) is 5.82 Å². The van der Waals surface area contributed by atoms with Crippen molar-refractivity contribution >= 4 is 17.6 Å². The Morgan fingerprint density at radius 3 is 2.71 bits per heavy atom. The molecule has 0 aliphatic carbocycles. The number of aromatic carboxylic acids is 1. The van der Waals surface area contributed by atoms with E-state index in [0.29, 0.717) is 0 Å². The van der Waals surface area contributed by atoms with Gasteiger partial charge in [0.15, 0.2) is 0 Å². The van der Waals surface area contributed by atoms with Crippen molar-refractivity contribution in [3.8, 4) is 0 Å². The topological polar surface area (TPSA) is 111 Å². The second kappa shape index (κ2) is 4.44. The van der Waals surface area contributed by atoms with Gasteiger partial charge in [-0.2, -0.15) is 5.10 Å². The summed E-state index contributed by atoms with van der Waals surface area (Å²) >= 11 is 0. The Hall–Kier alpha value is -2.70. The van der Waals surface area contributed by atoms with Crippen molar-refractivity contribution in [1.29, 1.82) is 0 Å². The van der Waals surface area contributed by atoms with Crippen LogP contribution in [0, 0.1) is 0 Å². The first kappa shape index (κ1) is 10.8. The predicted octanol–water partition coefficient (Wildman–Crippen LogP) is -0.580. The largest absolute Gasteiger partial charge is 0.545 e. The lowest BCUT2D eigenvalue weighted by Gasteiger charge is -2.10. The highest BCUT2D eigenvalue weighted by Gasteiger charge is 2.11. The van der Waals surface area contributed by atoms with Gasteiger partial charge in [-0.3, -0.25) is 9.89 Å². The summed E-state index contributed by atoms with van der Waals surface area (Å²) in [6.45, 7) is 0. The van der Waals surface area contributed by atoms with E-state index < -0.39 is 11.9 Å². The Labute approximate surface area is 95.5 Å². The Morgan fingerprint density at radius 1 is 1.29 bits per heavy atom. The molecule has 0 unspecified atom stereocenters. The maximum absolute atomic E-state index is 11.6. The van der Waals surface area contributed by atoms with E-state index in [0.717, 1.165) is 0 Å². The van der Waals surface area contributed by atoms with Crippen LogP contribution < -0.4 is 10.4 Å². The fourth-order valence-corrected chi connectivity index (χ4v) is 1.27. The van der Waals surface area contributed by atoms with E-state index in [1.165, 1.54) is 24.5 Å². The van der Waals surface area contributed by atoms with Crippen molar-refractivity contribution in [3.63, 3.8) is 0 Å². The minimum atomic E-state index is -1.36. The van der Waals surface area contributed by atoms with Gasteiger partial charge in [-0.05, 0) is 6.07 Å². The number of nitrogens with zero attached hydrogens (tertiary/aromatic N) is 2. The quantitative estimate of drug-likeness (QED) is 0.734. The molecule has 2 N–H and O–H groups in total. The number of anilines is 1. The summed E-state index contributed by atoms with van der Waals surface area (Å²) in [5.74, 6) is -1.94. The second-order valence-electron chi connectivity index (χ2n) is 3.12. The lowest BCUT2D eigenvalue weighted by Crippen LogP contribution is -2.25. The summed E-state index contributed by atoms with van der Waals surface area (Å²) < 4.78 is 0. The van der Waals surface area contributed by atoms with Crippen LogP contribution >= 0.6 is 0 Å². The number of nitrogens with one attached hydrogen (secondary N) is 2. The first-order chi connectivity index (χ1) is 8.18. The van der Waals surface area contributed by atoms with E-state index in [2.05, 4.69) is 20.5 Å². The van der Waals surface area contributed by atoms with Crippen LogP contribution in [0.25, 0.3) is 0 Å². The summed E-state index contributed by atoms with van der Waals surface area (Å²) in [6.07, 6.45) is 1.18. The average molecular weight is 231 g/mol. The number of rotatable bonds is 3. The number of amides is 1. The van der Waals surface area contributed by atoms with E-state index in [1.54, 1.807) is 6.07 Å². The van der Waals surface area contributed by atoms with E-state index in [-0.39, 0.29) is 17.1 Å². The van der Waals surface area contributed by atoms with Crippen molar-refractivity contribution in [3.05, 3.63) is 42.0 Å². The van der Waals surface area contributed by atoms with Gasteiger partial charge < -0.3 is 15.2 Å². The van der Waals surface area contributed by atoms with Crippen molar-refractivity contribution in [2.45, 2.75) is 0 Å². The maximum atomic E-state index is 11.6. The third-order valence-electron chi connectivity index (χ3n) is 2.03. The van der Waals surface area contributed by atoms with Crippen molar-refractivity contribution in [2.75, 3.05) is 5.32 Å². The molecule has 0 spiro atoms. The monoisotopic (exact) mass is 231 g/mol. The zero-order chi connectivity index (χ0) is 12.3. The normalized spacial score (nSPS) is 9.88. The number of hydrogen-bond donors (Lipinski definition) is 2. The number of benzene rings is 1. The molecule has 1 heterocycles. The fraction of sp³-hybridized carbons (Fsp3) is 0. The maximum Gasteiger partial charge on any atom is 0.292 e. The van der Waals surface area contributed by atoms with Gasteiger partial charge in [0.1, 0.15) is 6.33 Å². The number of carboxylic acid groups (broad SMARTS) is 1. The number of hydrogen-bond acceptors (Lipinski definition) is 5. The van der Waals surface area contributed by atoms with E-state index >= 15 is 0 Å². The third kappa shape index (κ3) is 2.28. The molecule has 86 valence electrons. The van der Waals surface area contributed by atoms with E-state index in [4.69, 9.17) is 0 Å². The molecule has 0 fully saturated rings. The highest BCUT2D eigenvalue weighted by molar-refractivity contribution is 6.05. The van der Waals surface area contributed by atoms with Gasteiger partial charge in [0.25, 0.3) is 5.91 Å². The molecule has 1 aromatic heterocycles. The first-order valence-corrected chi connectivity index (χ1v) is 4.65. The van der Waals surface area contributed by atoms with Gasteiger partial charge in [0.05, 0.1) is 11.7 Å². The number of carbonyl (C=O) groups excluding carboxylic acids is 2. The van der Waals surface area contributed by atoms with Gasteiger partial charge >= 0.3 is 0 Å². The number of aromatic nitrogens is 3. The highest BCUT2D eigenvalue weighted by Crippen LogP contribution is 2.14. The number of carbonyl (C=O) groups is 2. The summed E-state index contributed by atoms with van der Waals surface area (Å²) in [5.41, 5.74) is 0.0502. The highest BCUT2D eigenvalue weighted by atomic mass is 16.4. The molecule has 7 heteroatoms. The van der Waals surface area contributed by atoms with Crippen LogP contribution in [-0.4, -0.2) is 27.1 Å². The standard InChI is InChI=1S/C10H8N4O3/c15-9(8-11-5-12-14-8)13-7-4-2-1-3-6(7)10(16)17/h1-5H,(H,13,15)(H,16,17)(H,11,12,14)/p-1. The summed E-state index contributed by atoms with van der Waals surface area (Å²) in [6, 6.07) is 5.93. The van der Waals surface area contributed by atoms with Crippen molar-refractivity contribution in [2.24, 2.45) is 0 Å². The van der Waals surface area contributed by atoms with Crippen LogP contribution in [0.3, 0.4) is 0 Å². The number of H-pyrrole nitrogens is 1. The minimum Gasteiger partial charge on any atom is -0.545 e. The molecule has 1 aromatic carbocycles. The zero-order valence-corrected chi connectivity index (χ0v) is 8.51. The average Bonchev–Trinajstić information content (AvgIpc) is 2.83. The summed E-state index contributed by atoms with van der Waals surface area (Å²) in [7, 11) is 0. The van der Waals surface area contributed by atoms with Crippen LogP contribution in [0.2, 0.25) is 0 Å². The Balaban J connectivity index is 2.25. The molecule has 1 amide bonds. The third-order valence-corrected chi connectivity index (χ3v) is 2.03. The lowest BCUT2D eigenvalue weighted by atomic mass is 10.2. The molecule has 2 rings (SSSR count). The molecule has 0 aliphatic rings. The van der Waals surface area contributed by atoms with Crippen molar-refractivity contribution < 1.29 is 14.7 Å². The predicted molar refractivity (Wildman–Crippen MR) is 55.1 cm³/mol. The molecule has 0 saturated carbocycles. The SMILES string of the molecule is O=C(Nc1ccccc1C(=O)[O-])c1ncn[nH]1. The molecule has 0 aliphatic heterocycles. The smallest absolute Gasteiger partial charge is 0.292 e. The molecule has 2 aromatic rings. The van der Waals surface area contributed by atoms with Gasteiger partial charge in [-0.25, -0.2) is 4.98 Å². The molecule has 0 bridgehead atoms. The second-order valence-corrected chi connectivity index (χ2v) is 3.12. The van der Waals surface area contributed by atoms with E-state index in [9.17, 15) is 14.7 Å². The van der Waals surface area contributed by atoms with Crippen LogP contribution in [0.1, 0.15) is 21.0 Å². The molecule has 17 heavy (non-hydrogen) atoms. The molecule has 0 saturated heterocycles. The van der Waals surface area contributed by atoms with Gasteiger partial charge in [-0.15, -0.1) is 0 Å². The van der Waals surface area contributed by atoms with Gasteiger partial charge in [0, 0.05) is 5.56 Å². The molecule has 0 atom stereocenters. The molecule has 0 radical (unpaired) electrons. The fourth-order valence-electron chi connectivity index (χ4n) is 1.27. The minimum absolute atomic E-state index is 0.00171. The summed E-state index contributed by atoms with van der Waals surface area (Å²) in [5, 5.41) is 19.1. The summed E-state index contributed by atoms with van der Waals surface area (Å²) in [4.78, 5) is 26.0. The number of para-hydroxylation sites is 1. The van der Waals surface area contributed by atoms with Crippen LogP contribution in [0.15, 0.2) is 30.6 Å². The number of aromatic amines is 1. The Morgan fingerprint density at radius 2 is 2.06 bits per heavy atom. The molecular formula is C10H7N4O3-. The van der Waals surface area contributed by atoms with Gasteiger partial charge in [-0.1, -0.05) is 18.2 Å². The lowest BCUT2D eigenvalue weighted by molar-refractivity contribution is -0.254. The van der Waals surface area contributed by atoms with Crippen molar-refractivity contribution in [1.82, 2.24) is 15.2 Å². The van der Waals surface area contributed by atoms with Crippen LogP contribution in [-0.2, 0) is 0 Å².